The summed E-state index contributed by atoms with van der Waals surface area (Å²) in [5.74, 6) is -2.50. The van der Waals surface area contributed by atoms with Crippen LogP contribution in [0.5, 0.6) is 0 Å². The summed E-state index contributed by atoms with van der Waals surface area (Å²) >= 11 is 0. The molecular formula is C4H9CrNO5. The van der Waals surface area contributed by atoms with Crippen LogP contribution >= 0.6 is 0 Å². The first-order valence-electron chi connectivity index (χ1n) is 2.24. The van der Waals surface area contributed by atoms with E-state index in [1.165, 1.54) is 0 Å². The van der Waals surface area contributed by atoms with Gasteiger partial charge in [0.15, 0.2) is 0 Å². The van der Waals surface area contributed by atoms with Gasteiger partial charge in [-0.3, -0.25) is 9.59 Å². The number of carboxylic acid groups (broad SMARTS) is 2. The zero-order chi connectivity index (χ0) is 7.44. The van der Waals surface area contributed by atoms with Crippen LogP contribution in [0.25, 0.3) is 0 Å². The minimum atomic E-state index is -1.29. The van der Waals surface area contributed by atoms with Gasteiger partial charge in [0, 0.05) is 17.4 Å². The zero-order valence-corrected chi connectivity index (χ0v) is 6.76. The molecule has 1 atom stereocenters. The molecule has 0 rings (SSSR count). The molecule has 66 valence electrons. The van der Waals surface area contributed by atoms with Crippen LogP contribution in [0.3, 0.4) is 0 Å². The number of aliphatic carboxylic acids is 2. The molecule has 0 aliphatic rings. The Morgan fingerprint density at radius 1 is 1.36 bits per heavy atom. The topological polar surface area (TPSA) is 132 Å². The van der Waals surface area contributed by atoms with E-state index in [-0.39, 0.29) is 22.8 Å². The fourth-order valence-electron chi connectivity index (χ4n) is 0.275. The second-order valence-corrected chi connectivity index (χ2v) is 1.54. The molecule has 6 N–H and O–H groups in total. The average molecular weight is 203 g/mol. The van der Waals surface area contributed by atoms with Crippen molar-refractivity contribution >= 4 is 11.9 Å². The van der Waals surface area contributed by atoms with Gasteiger partial charge in [-0.25, -0.2) is 0 Å². The number of hydrogen-bond acceptors (Lipinski definition) is 3. The van der Waals surface area contributed by atoms with Crippen LogP contribution in [0.4, 0.5) is 0 Å². The van der Waals surface area contributed by atoms with E-state index in [4.69, 9.17) is 15.9 Å². The standard InChI is InChI=1S/C4H7NO4.Cr.H2O/c5-2(4(8)9)1-3(6)7;;/h2H,1,5H2,(H,6,7)(H,8,9);;1H2/t2-;;/m0../s1. The van der Waals surface area contributed by atoms with Crippen LogP contribution < -0.4 is 5.73 Å². The van der Waals surface area contributed by atoms with Crippen LogP contribution in [0.2, 0.25) is 0 Å². The van der Waals surface area contributed by atoms with Gasteiger partial charge in [-0.1, -0.05) is 0 Å². The SMILES string of the molecule is N[C@@H](CC(=O)O)C(=O)O.O.[Cr]. The summed E-state index contributed by atoms with van der Waals surface area (Å²) < 4.78 is 0. The normalized spacial score (nSPS) is 10.3. The average Bonchev–Trinajstić information content (AvgIpc) is 1.63. The fourth-order valence-corrected chi connectivity index (χ4v) is 0.275. The fraction of sp³-hybridized carbons (Fsp3) is 0.500. The van der Waals surface area contributed by atoms with Gasteiger partial charge in [-0.05, 0) is 0 Å². The molecule has 0 bridgehead atoms. The molecule has 11 heavy (non-hydrogen) atoms. The molecule has 0 heterocycles. The van der Waals surface area contributed by atoms with Gasteiger partial charge in [0.05, 0.1) is 6.42 Å². The van der Waals surface area contributed by atoms with Crippen molar-refractivity contribution in [1.29, 1.82) is 0 Å². The molecule has 0 spiro atoms. The second-order valence-electron chi connectivity index (χ2n) is 1.54. The van der Waals surface area contributed by atoms with Gasteiger partial charge in [0.2, 0.25) is 0 Å². The third kappa shape index (κ3) is 9.39. The predicted molar refractivity (Wildman–Crippen MR) is 31.5 cm³/mol. The molecule has 0 aromatic rings. The molecule has 0 aromatic heterocycles. The number of carboxylic acids is 2. The zero-order valence-electron chi connectivity index (χ0n) is 5.48. The Morgan fingerprint density at radius 2 is 1.73 bits per heavy atom. The third-order valence-corrected chi connectivity index (χ3v) is 0.712. The summed E-state index contributed by atoms with van der Waals surface area (Å²) in [6, 6.07) is -1.29. The Kier molecular flexibility index (Phi) is 11.4. The molecule has 7 heteroatoms. The minimum absolute atomic E-state index is 0. The molecule has 0 aromatic carbocycles. The summed E-state index contributed by atoms with van der Waals surface area (Å²) in [5, 5.41) is 16.0. The van der Waals surface area contributed by atoms with E-state index in [1.54, 1.807) is 0 Å². The molecular weight excluding hydrogens is 194 g/mol. The second kappa shape index (κ2) is 7.50. The minimum Gasteiger partial charge on any atom is -0.481 e. The van der Waals surface area contributed by atoms with Crippen LogP contribution in [0.1, 0.15) is 6.42 Å². The van der Waals surface area contributed by atoms with E-state index >= 15 is 0 Å². The van der Waals surface area contributed by atoms with E-state index in [0.717, 1.165) is 0 Å². The maximum absolute atomic E-state index is 9.85. The van der Waals surface area contributed by atoms with E-state index in [9.17, 15) is 9.59 Å². The van der Waals surface area contributed by atoms with E-state index < -0.39 is 24.4 Å². The van der Waals surface area contributed by atoms with Crippen LogP contribution in [0.15, 0.2) is 0 Å². The van der Waals surface area contributed by atoms with Gasteiger partial charge >= 0.3 is 11.9 Å². The van der Waals surface area contributed by atoms with Crippen molar-refractivity contribution in [2.24, 2.45) is 5.73 Å². The van der Waals surface area contributed by atoms with Crippen molar-refractivity contribution in [2.45, 2.75) is 12.5 Å². The quantitative estimate of drug-likeness (QED) is 0.490. The molecule has 0 radical (unpaired) electrons. The van der Waals surface area contributed by atoms with Crippen molar-refractivity contribution in [3.63, 3.8) is 0 Å². The Morgan fingerprint density at radius 3 is 1.82 bits per heavy atom. The van der Waals surface area contributed by atoms with E-state index in [2.05, 4.69) is 0 Å². The summed E-state index contributed by atoms with van der Waals surface area (Å²) in [5.41, 5.74) is 4.84. The summed E-state index contributed by atoms with van der Waals surface area (Å²) in [6.45, 7) is 0. The van der Waals surface area contributed by atoms with Crippen molar-refractivity contribution in [3.05, 3.63) is 0 Å². The number of carbonyl (C=O) groups is 2. The Hall–Kier alpha value is -0.608. The summed E-state index contributed by atoms with van der Waals surface area (Å²) in [4.78, 5) is 19.6. The number of rotatable bonds is 3. The molecule has 0 aliphatic heterocycles. The molecule has 0 aliphatic carbocycles. The van der Waals surface area contributed by atoms with Crippen LogP contribution in [0, 0.1) is 0 Å². The maximum Gasteiger partial charge on any atom is 0.321 e. The number of hydrogen-bond donors (Lipinski definition) is 3. The van der Waals surface area contributed by atoms with E-state index in [0.29, 0.717) is 0 Å². The van der Waals surface area contributed by atoms with Gasteiger partial charge in [-0.2, -0.15) is 0 Å². The van der Waals surface area contributed by atoms with Crippen molar-refractivity contribution < 1.29 is 42.6 Å². The smallest absolute Gasteiger partial charge is 0.321 e. The molecule has 0 fully saturated rings. The maximum atomic E-state index is 9.85. The first-order chi connectivity index (χ1) is 4.04. The Labute approximate surface area is 73.4 Å². The first-order valence-corrected chi connectivity index (χ1v) is 2.24. The van der Waals surface area contributed by atoms with Gasteiger partial charge in [0.1, 0.15) is 6.04 Å². The van der Waals surface area contributed by atoms with Crippen molar-refractivity contribution in [2.75, 3.05) is 0 Å². The van der Waals surface area contributed by atoms with Crippen LogP contribution in [-0.2, 0) is 27.0 Å². The summed E-state index contributed by atoms with van der Waals surface area (Å²) in [6.07, 6.45) is -0.532. The molecule has 0 unspecified atom stereocenters. The molecule has 0 saturated heterocycles. The molecule has 6 nitrogen and oxygen atoms in total. The molecule has 0 saturated carbocycles. The van der Waals surface area contributed by atoms with Crippen molar-refractivity contribution in [3.8, 4) is 0 Å². The first kappa shape index (κ1) is 16.8. The van der Waals surface area contributed by atoms with Crippen molar-refractivity contribution in [1.82, 2.24) is 0 Å². The predicted octanol–water partition coefficient (Wildman–Crippen LogP) is -1.95. The number of nitrogens with two attached hydrogens (primary N) is 1. The van der Waals surface area contributed by atoms with Gasteiger partial charge in [0.25, 0.3) is 0 Å². The van der Waals surface area contributed by atoms with E-state index in [1.807, 2.05) is 0 Å². The third-order valence-electron chi connectivity index (χ3n) is 0.712. The van der Waals surface area contributed by atoms with Gasteiger partial charge < -0.3 is 21.4 Å². The largest absolute Gasteiger partial charge is 0.481 e. The molecule has 0 amide bonds. The monoisotopic (exact) mass is 203 g/mol. The summed E-state index contributed by atoms with van der Waals surface area (Å²) in [7, 11) is 0. The van der Waals surface area contributed by atoms with Crippen LogP contribution in [-0.4, -0.2) is 33.7 Å². The Bertz CT molecular complexity index is 138. The Balaban J connectivity index is -0.000000320. The van der Waals surface area contributed by atoms with Gasteiger partial charge in [-0.15, -0.1) is 0 Å².